The number of phenols is 1. The van der Waals surface area contributed by atoms with Crippen molar-refractivity contribution in [1.82, 2.24) is 4.98 Å². The molecule has 3 rings (SSSR count). The van der Waals surface area contributed by atoms with E-state index in [1.807, 2.05) is 0 Å². The van der Waals surface area contributed by atoms with Crippen LogP contribution in [0.25, 0.3) is 22.6 Å². The summed E-state index contributed by atoms with van der Waals surface area (Å²) in [5, 5.41) is 9.94. The third-order valence-electron chi connectivity index (χ3n) is 3.08. The van der Waals surface area contributed by atoms with Gasteiger partial charge in [-0.15, -0.1) is 0 Å². The van der Waals surface area contributed by atoms with Gasteiger partial charge in [0, 0.05) is 6.26 Å². The molecule has 6 nitrogen and oxygen atoms in total. The summed E-state index contributed by atoms with van der Waals surface area (Å²) in [5.41, 5.74) is 7.03. The van der Waals surface area contributed by atoms with E-state index in [1.54, 1.807) is 18.2 Å². The standard InChI is InChI=1S/C14H12N2O4S/c1-21(18,19)8-5-6-12-11(7-8)16-14(20-12)9-3-2-4-10(15)13(9)17/h2-7,17H,15H2,1H3. The highest BCUT2D eigenvalue weighted by molar-refractivity contribution is 7.90. The summed E-state index contributed by atoms with van der Waals surface area (Å²) in [6.45, 7) is 0. The van der Waals surface area contributed by atoms with E-state index in [-0.39, 0.29) is 22.2 Å². The number of nitrogens with zero attached hydrogens (tertiary/aromatic N) is 1. The lowest BCUT2D eigenvalue weighted by molar-refractivity contribution is 0.476. The third kappa shape index (κ3) is 2.31. The molecule has 0 aliphatic carbocycles. The minimum Gasteiger partial charge on any atom is -0.505 e. The summed E-state index contributed by atoms with van der Waals surface area (Å²) in [5.74, 6) is 0.0628. The molecule has 0 fully saturated rings. The number of oxazole rings is 1. The van der Waals surface area contributed by atoms with Gasteiger partial charge in [0.2, 0.25) is 5.89 Å². The van der Waals surface area contributed by atoms with E-state index >= 15 is 0 Å². The van der Waals surface area contributed by atoms with Crippen LogP contribution in [0.3, 0.4) is 0 Å². The average Bonchev–Trinajstić information content (AvgIpc) is 2.83. The molecule has 1 heterocycles. The molecule has 0 aliphatic rings. The van der Waals surface area contributed by atoms with Gasteiger partial charge in [-0.3, -0.25) is 0 Å². The number of nitrogen functional groups attached to an aromatic ring is 1. The number of nitrogens with two attached hydrogens (primary N) is 1. The molecule has 3 aromatic rings. The van der Waals surface area contributed by atoms with Gasteiger partial charge in [-0.2, -0.15) is 0 Å². The van der Waals surface area contributed by atoms with Crippen molar-refractivity contribution in [1.29, 1.82) is 0 Å². The van der Waals surface area contributed by atoms with Gasteiger partial charge in [0.05, 0.1) is 16.1 Å². The van der Waals surface area contributed by atoms with Crippen LogP contribution in [-0.4, -0.2) is 24.8 Å². The molecule has 0 spiro atoms. The molecular formula is C14H12N2O4S. The number of benzene rings is 2. The summed E-state index contributed by atoms with van der Waals surface area (Å²) in [6.07, 6.45) is 1.12. The van der Waals surface area contributed by atoms with Crippen molar-refractivity contribution in [2.75, 3.05) is 12.0 Å². The molecule has 7 heteroatoms. The molecule has 21 heavy (non-hydrogen) atoms. The molecule has 0 amide bonds. The van der Waals surface area contributed by atoms with Crippen LogP contribution in [-0.2, 0) is 9.84 Å². The molecule has 3 N–H and O–H groups in total. The van der Waals surface area contributed by atoms with Crippen molar-refractivity contribution in [3.8, 4) is 17.2 Å². The number of phenolic OH excluding ortho intramolecular Hbond substituents is 1. The lowest BCUT2D eigenvalue weighted by atomic mass is 10.2. The van der Waals surface area contributed by atoms with Gasteiger partial charge in [0.1, 0.15) is 5.52 Å². The van der Waals surface area contributed by atoms with Crippen molar-refractivity contribution in [3.05, 3.63) is 36.4 Å². The summed E-state index contributed by atoms with van der Waals surface area (Å²) < 4.78 is 28.6. The summed E-state index contributed by atoms with van der Waals surface area (Å²) in [4.78, 5) is 4.37. The zero-order chi connectivity index (χ0) is 15.2. The Morgan fingerprint density at radius 2 is 2.00 bits per heavy atom. The Morgan fingerprint density at radius 3 is 2.71 bits per heavy atom. The quantitative estimate of drug-likeness (QED) is 0.555. The van der Waals surface area contributed by atoms with Gasteiger partial charge in [-0.05, 0) is 30.3 Å². The summed E-state index contributed by atoms with van der Waals surface area (Å²) in [7, 11) is -3.32. The van der Waals surface area contributed by atoms with Gasteiger partial charge >= 0.3 is 0 Å². The van der Waals surface area contributed by atoms with E-state index in [4.69, 9.17) is 10.2 Å². The van der Waals surface area contributed by atoms with Crippen LogP contribution in [0.4, 0.5) is 5.69 Å². The lowest BCUT2D eigenvalue weighted by Gasteiger charge is -2.02. The number of aromatic hydroxyl groups is 1. The van der Waals surface area contributed by atoms with Crippen LogP contribution < -0.4 is 5.73 Å². The predicted octanol–water partition coefficient (Wildman–Crippen LogP) is 2.19. The minimum atomic E-state index is -3.32. The number of rotatable bonds is 2. The first-order valence-corrected chi connectivity index (χ1v) is 7.94. The normalized spacial score (nSPS) is 11.9. The van der Waals surface area contributed by atoms with E-state index in [0.29, 0.717) is 16.7 Å². The van der Waals surface area contributed by atoms with E-state index in [0.717, 1.165) is 6.26 Å². The molecule has 0 atom stereocenters. The number of para-hydroxylation sites is 1. The SMILES string of the molecule is CS(=O)(=O)c1ccc2oc(-c3cccc(N)c3O)nc2c1. The summed E-state index contributed by atoms with van der Waals surface area (Å²) >= 11 is 0. The number of sulfone groups is 1. The van der Waals surface area contributed by atoms with Crippen molar-refractivity contribution < 1.29 is 17.9 Å². The fraction of sp³-hybridized carbons (Fsp3) is 0.0714. The van der Waals surface area contributed by atoms with Crippen molar-refractivity contribution >= 4 is 26.6 Å². The van der Waals surface area contributed by atoms with Crippen LogP contribution in [0.2, 0.25) is 0 Å². The van der Waals surface area contributed by atoms with Crippen LogP contribution in [0, 0.1) is 0 Å². The smallest absolute Gasteiger partial charge is 0.231 e. The molecule has 108 valence electrons. The van der Waals surface area contributed by atoms with Gasteiger partial charge in [0.25, 0.3) is 0 Å². The lowest BCUT2D eigenvalue weighted by Crippen LogP contribution is -1.96. The Bertz CT molecular complexity index is 945. The van der Waals surface area contributed by atoms with Gasteiger partial charge in [0.15, 0.2) is 21.2 Å². The fourth-order valence-corrected chi connectivity index (χ4v) is 2.63. The highest BCUT2D eigenvalue weighted by Crippen LogP contribution is 2.35. The molecule has 0 saturated heterocycles. The summed E-state index contributed by atoms with van der Waals surface area (Å²) in [6, 6.07) is 9.26. The van der Waals surface area contributed by atoms with Crippen molar-refractivity contribution in [3.63, 3.8) is 0 Å². The molecule has 0 saturated carbocycles. The Labute approximate surface area is 120 Å². The highest BCUT2D eigenvalue weighted by atomic mass is 32.2. The number of hydrogen-bond acceptors (Lipinski definition) is 6. The number of hydrogen-bond donors (Lipinski definition) is 2. The second-order valence-corrected chi connectivity index (χ2v) is 6.68. The van der Waals surface area contributed by atoms with Crippen LogP contribution in [0.5, 0.6) is 5.75 Å². The fourth-order valence-electron chi connectivity index (χ4n) is 1.99. The first-order chi connectivity index (χ1) is 9.86. The van der Waals surface area contributed by atoms with E-state index in [2.05, 4.69) is 4.98 Å². The largest absolute Gasteiger partial charge is 0.505 e. The minimum absolute atomic E-state index is 0.118. The molecule has 0 bridgehead atoms. The second-order valence-electron chi connectivity index (χ2n) is 4.66. The number of anilines is 1. The van der Waals surface area contributed by atoms with Crippen LogP contribution in [0.1, 0.15) is 0 Å². The Hall–Kier alpha value is -2.54. The second kappa shape index (κ2) is 4.49. The molecule has 0 radical (unpaired) electrons. The molecule has 2 aromatic carbocycles. The zero-order valence-corrected chi connectivity index (χ0v) is 11.9. The van der Waals surface area contributed by atoms with Gasteiger partial charge < -0.3 is 15.3 Å². The maximum absolute atomic E-state index is 11.5. The van der Waals surface area contributed by atoms with Gasteiger partial charge in [-0.25, -0.2) is 13.4 Å². The zero-order valence-electron chi connectivity index (χ0n) is 11.1. The van der Waals surface area contributed by atoms with Crippen molar-refractivity contribution in [2.24, 2.45) is 0 Å². The van der Waals surface area contributed by atoms with Crippen LogP contribution in [0.15, 0.2) is 45.7 Å². The molecule has 1 aromatic heterocycles. The average molecular weight is 304 g/mol. The highest BCUT2D eigenvalue weighted by Gasteiger charge is 2.15. The maximum Gasteiger partial charge on any atom is 0.231 e. The monoisotopic (exact) mass is 304 g/mol. The molecule has 0 aliphatic heterocycles. The van der Waals surface area contributed by atoms with E-state index in [1.165, 1.54) is 18.2 Å². The Balaban J connectivity index is 2.20. The topological polar surface area (TPSA) is 106 Å². The van der Waals surface area contributed by atoms with E-state index in [9.17, 15) is 13.5 Å². The van der Waals surface area contributed by atoms with Crippen LogP contribution >= 0.6 is 0 Å². The molecule has 0 unspecified atom stereocenters. The van der Waals surface area contributed by atoms with Gasteiger partial charge in [-0.1, -0.05) is 6.07 Å². The maximum atomic E-state index is 11.5. The van der Waals surface area contributed by atoms with E-state index < -0.39 is 9.84 Å². The first kappa shape index (κ1) is 13.4. The third-order valence-corrected chi connectivity index (χ3v) is 4.20. The Kier molecular flexibility index (Phi) is 2.87. The molecular weight excluding hydrogens is 292 g/mol. The van der Waals surface area contributed by atoms with Crippen molar-refractivity contribution in [2.45, 2.75) is 4.90 Å². The Morgan fingerprint density at radius 1 is 1.24 bits per heavy atom. The predicted molar refractivity (Wildman–Crippen MR) is 78.6 cm³/mol. The first-order valence-electron chi connectivity index (χ1n) is 6.05. The number of fused-ring (bicyclic) bond motifs is 1. The number of aromatic nitrogens is 1.